The van der Waals surface area contributed by atoms with Crippen molar-refractivity contribution in [3.8, 4) is 0 Å². The van der Waals surface area contributed by atoms with Crippen LogP contribution in [0.3, 0.4) is 0 Å². The van der Waals surface area contributed by atoms with Gasteiger partial charge in [0, 0.05) is 0 Å². The van der Waals surface area contributed by atoms with E-state index in [0.717, 1.165) is 5.21 Å². The molecule has 21 heavy (non-hydrogen) atoms. The molecule has 0 aliphatic carbocycles. The highest BCUT2D eigenvalue weighted by atomic mass is 35.5. The van der Waals surface area contributed by atoms with Crippen molar-refractivity contribution in [3.05, 3.63) is 0 Å². The summed E-state index contributed by atoms with van der Waals surface area (Å²) in [5, 5.41) is 0.763. The molecule has 0 saturated heterocycles. The van der Waals surface area contributed by atoms with Crippen LogP contribution in [0.2, 0.25) is 0 Å². The van der Waals surface area contributed by atoms with Gasteiger partial charge in [-0.25, -0.2) is 0 Å². The molecule has 0 aliphatic rings. The third-order valence-electron chi connectivity index (χ3n) is 4.22. The second-order valence-electron chi connectivity index (χ2n) is 6.32. The van der Waals surface area contributed by atoms with Crippen LogP contribution < -0.4 is 0 Å². The summed E-state index contributed by atoms with van der Waals surface area (Å²) in [5.41, 5.74) is 0. The Morgan fingerprint density at radius 2 is 0.857 bits per heavy atom. The Hall–Kier alpha value is 0.640. The largest absolute Gasteiger partial charge is 0.146 e. The van der Waals surface area contributed by atoms with Gasteiger partial charge in [0.05, 0.1) is 5.21 Å². The molecule has 0 aromatic heterocycles. The van der Waals surface area contributed by atoms with Gasteiger partial charge in [-0.1, -0.05) is 103 Å². The molecule has 2 heteroatoms. The average molecular weight is 335 g/mol. The van der Waals surface area contributed by atoms with Crippen LogP contribution in [-0.2, 0) is 0 Å². The minimum Gasteiger partial charge on any atom is -0.146 e. The summed E-state index contributed by atoms with van der Waals surface area (Å²) in [6.45, 7) is 2.29. The first-order chi connectivity index (χ1) is 10.4. The lowest BCUT2D eigenvalue weighted by molar-refractivity contribution is 0.532. The highest BCUT2D eigenvalue weighted by Gasteiger charge is 1.94. The van der Waals surface area contributed by atoms with Crippen LogP contribution in [0.1, 0.15) is 110 Å². The van der Waals surface area contributed by atoms with Gasteiger partial charge in [-0.2, -0.15) is 0 Å². The van der Waals surface area contributed by atoms with Crippen molar-refractivity contribution < 1.29 is 0 Å². The third kappa shape index (κ3) is 20.6. The molecule has 0 heterocycles. The molecule has 0 aromatic carbocycles. The molecule has 128 valence electrons. The minimum absolute atomic E-state index is 0.763. The van der Waals surface area contributed by atoms with E-state index < -0.39 is 0 Å². The predicted molar refractivity (Wildman–Crippen MR) is 103 cm³/mol. The first-order valence-corrected chi connectivity index (χ1v) is 11.2. The number of alkyl halides is 1. The van der Waals surface area contributed by atoms with Crippen LogP contribution in [0.15, 0.2) is 0 Å². The highest BCUT2D eigenvalue weighted by molar-refractivity contribution is 8.00. The van der Waals surface area contributed by atoms with E-state index in [1.54, 1.807) is 0 Å². The van der Waals surface area contributed by atoms with Crippen molar-refractivity contribution in [1.82, 2.24) is 0 Å². The summed E-state index contributed by atoms with van der Waals surface area (Å²) in [7, 11) is 0. The van der Waals surface area contributed by atoms with Crippen LogP contribution >= 0.6 is 23.4 Å². The van der Waals surface area contributed by atoms with Gasteiger partial charge in [-0.15, -0.1) is 23.4 Å². The molecule has 0 aromatic rings. The highest BCUT2D eigenvalue weighted by Crippen LogP contribution is 2.14. The van der Waals surface area contributed by atoms with Crippen molar-refractivity contribution in [2.45, 2.75) is 110 Å². The second kappa shape index (κ2) is 20.6. The maximum absolute atomic E-state index is 5.64. The first kappa shape index (κ1) is 21.6. The van der Waals surface area contributed by atoms with Crippen molar-refractivity contribution >= 4 is 23.4 Å². The molecular weight excluding hydrogens is 296 g/mol. The van der Waals surface area contributed by atoms with Gasteiger partial charge in [-0.3, -0.25) is 0 Å². The zero-order valence-electron chi connectivity index (χ0n) is 14.5. The first-order valence-electron chi connectivity index (χ1n) is 9.55. The number of thioether (sulfide) groups is 1. The minimum atomic E-state index is 0.763. The fourth-order valence-corrected chi connectivity index (χ4v) is 3.65. The molecule has 0 rings (SSSR count). The molecule has 0 fully saturated rings. The van der Waals surface area contributed by atoms with E-state index in [0.29, 0.717) is 0 Å². The fraction of sp³-hybridized carbons (Fsp3) is 1.00. The number of unbranched alkanes of at least 4 members (excludes halogenated alkanes) is 15. The molecule has 0 amide bonds. The van der Waals surface area contributed by atoms with Gasteiger partial charge in [0.2, 0.25) is 0 Å². The Balaban J connectivity index is 2.90. The van der Waals surface area contributed by atoms with Gasteiger partial charge >= 0.3 is 0 Å². The zero-order valence-corrected chi connectivity index (χ0v) is 16.1. The summed E-state index contributed by atoms with van der Waals surface area (Å²) >= 11 is 7.50. The number of hydrogen-bond donors (Lipinski definition) is 0. The molecule has 0 saturated carbocycles. The Morgan fingerprint density at radius 3 is 1.19 bits per heavy atom. The van der Waals surface area contributed by atoms with Gasteiger partial charge in [0.15, 0.2) is 0 Å². The van der Waals surface area contributed by atoms with Gasteiger partial charge in [-0.05, 0) is 12.2 Å². The lowest BCUT2D eigenvalue weighted by atomic mass is 10.0. The van der Waals surface area contributed by atoms with E-state index in [9.17, 15) is 0 Å². The summed E-state index contributed by atoms with van der Waals surface area (Å²) in [5.74, 6) is 1.25. The van der Waals surface area contributed by atoms with Gasteiger partial charge in [0.1, 0.15) is 0 Å². The smallest absolute Gasteiger partial charge is 0.0680 e. The normalized spacial score (nSPS) is 11.1. The maximum Gasteiger partial charge on any atom is 0.0680 e. The van der Waals surface area contributed by atoms with E-state index in [1.807, 2.05) is 11.8 Å². The molecule has 0 nitrogen and oxygen atoms in total. The molecule has 0 spiro atoms. The van der Waals surface area contributed by atoms with Crippen LogP contribution in [0.5, 0.6) is 0 Å². The third-order valence-corrected chi connectivity index (χ3v) is 5.41. The molecule has 0 atom stereocenters. The van der Waals surface area contributed by atoms with E-state index in [2.05, 4.69) is 6.92 Å². The van der Waals surface area contributed by atoms with Crippen molar-refractivity contribution in [2.75, 3.05) is 11.0 Å². The summed E-state index contributed by atoms with van der Waals surface area (Å²) < 4.78 is 0. The topological polar surface area (TPSA) is 0 Å². The average Bonchev–Trinajstić information content (AvgIpc) is 2.50. The number of halogens is 1. The predicted octanol–water partition coefficient (Wildman–Crippen LogP) is 8.18. The molecule has 0 aliphatic heterocycles. The Morgan fingerprint density at radius 1 is 0.524 bits per heavy atom. The van der Waals surface area contributed by atoms with Crippen LogP contribution in [0.25, 0.3) is 0 Å². The van der Waals surface area contributed by atoms with Crippen LogP contribution in [0.4, 0.5) is 0 Å². The van der Waals surface area contributed by atoms with Crippen LogP contribution in [0, 0.1) is 0 Å². The Labute approximate surface area is 144 Å². The maximum atomic E-state index is 5.64. The molecule has 0 unspecified atom stereocenters. The monoisotopic (exact) mass is 334 g/mol. The molecule has 0 N–H and O–H groups in total. The van der Waals surface area contributed by atoms with E-state index >= 15 is 0 Å². The number of rotatable bonds is 18. The van der Waals surface area contributed by atoms with Crippen LogP contribution in [-0.4, -0.2) is 11.0 Å². The lowest BCUT2D eigenvalue weighted by Gasteiger charge is -2.03. The van der Waals surface area contributed by atoms with Crippen molar-refractivity contribution in [1.29, 1.82) is 0 Å². The Bertz CT molecular complexity index is 155. The lowest BCUT2D eigenvalue weighted by Crippen LogP contribution is -1.84. The van der Waals surface area contributed by atoms with Gasteiger partial charge in [0.25, 0.3) is 0 Å². The Kier molecular flexibility index (Phi) is 21.3. The standard InChI is InChI=1S/C19H39ClS/c1-2-3-4-5-6-7-8-9-10-11-12-13-14-15-16-17-18-21-19-20/h2-19H2,1H3. The summed E-state index contributed by atoms with van der Waals surface area (Å²) in [4.78, 5) is 0. The summed E-state index contributed by atoms with van der Waals surface area (Å²) in [6.07, 6.45) is 23.1. The second-order valence-corrected chi connectivity index (χ2v) is 8.01. The number of hydrogen-bond acceptors (Lipinski definition) is 1. The molecule has 0 bridgehead atoms. The fourth-order valence-electron chi connectivity index (χ4n) is 2.81. The van der Waals surface area contributed by atoms with E-state index in [4.69, 9.17) is 11.6 Å². The zero-order chi connectivity index (χ0) is 15.4. The summed E-state index contributed by atoms with van der Waals surface area (Å²) in [6, 6.07) is 0. The quantitative estimate of drug-likeness (QED) is 0.180. The molecule has 0 radical (unpaired) electrons. The SMILES string of the molecule is CCCCCCCCCCCCCCCCCCSCCl. The van der Waals surface area contributed by atoms with E-state index in [1.165, 1.54) is 108 Å². The van der Waals surface area contributed by atoms with Crippen molar-refractivity contribution in [3.63, 3.8) is 0 Å². The van der Waals surface area contributed by atoms with E-state index in [-0.39, 0.29) is 0 Å². The van der Waals surface area contributed by atoms with Crippen molar-refractivity contribution in [2.24, 2.45) is 0 Å². The van der Waals surface area contributed by atoms with Gasteiger partial charge < -0.3 is 0 Å². The molecular formula is C19H39ClS.